The van der Waals surface area contributed by atoms with Crippen LogP contribution in [0.25, 0.3) is 0 Å². The summed E-state index contributed by atoms with van der Waals surface area (Å²) in [7, 11) is -3.52. The van der Waals surface area contributed by atoms with Crippen molar-refractivity contribution in [1.82, 2.24) is 9.62 Å². The number of carbonyl (C=O) groups is 1. The Hall–Kier alpha value is -1.47. The molecular weight excluding hydrogens is 307 g/mol. The average Bonchev–Trinajstić information content (AvgIpc) is 2.44. The number of halogens is 1. The molecule has 0 atom stereocenters. The van der Waals surface area contributed by atoms with E-state index in [9.17, 15) is 17.6 Å². The number of hydrogen-bond donors (Lipinski definition) is 1. The minimum Gasteiger partial charge on any atom is -0.355 e. The second-order valence-electron chi connectivity index (χ2n) is 5.21. The Morgan fingerprint density at radius 1 is 1.23 bits per heavy atom. The summed E-state index contributed by atoms with van der Waals surface area (Å²) < 4.78 is 37.5. The first-order valence-corrected chi connectivity index (χ1v) is 9.14. The molecule has 0 radical (unpaired) electrons. The fraction of sp³-hybridized carbons (Fsp3) is 0.533. The van der Waals surface area contributed by atoms with E-state index in [2.05, 4.69) is 12.2 Å². The normalized spacial score (nSPS) is 11.6. The standard InChI is InChI=1S/C15H23FN2O3S/c1-3-4-5-10-17-15(19)12-18(22(2,20)21)11-13-6-8-14(16)9-7-13/h6-9H,3-5,10-12H2,1-2H3,(H,17,19). The Labute approximate surface area is 131 Å². The van der Waals surface area contributed by atoms with E-state index >= 15 is 0 Å². The Kier molecular flexibility index (Phi) is 7.47. The molecule has 1 aromatic rings. The van der Waals surface area contributed by atoms with Gasteiger partial charge < -0.3 is 5.32 Å². The van der Waals surface area contributed by atoms with Crippen LogP contribution in [0.3, 0.4) is 0 Å². The predicted molar refractivity (Wildman–Crippen MR) is 84.2 cm³/mol. The van der Waals surface area contributed by atoms with Gasteiger partial charge in [-0.15, -0.1) is 0 Å². The van der Waals surface area contributed by atoms with Gasteiger partial charge in [-0.1, -0.05) is 31.9 Å². The molecule has 22 heavy (non-hydrogen) atoms. The number of sulfonamides is 1. The largest absolute Gasteiger partial charge is 0.355 e. The molecule has 1 amide bonds. The quantitative estimate of drug-likeness (QED) is 0.703. The monoisotopic (exact) mass is 330 g/mol. The van der Waals surface area contributed by atoms with Crippen molar-refractivity contribution in [1.29, 1.82) is 0 Å². The van der Waals surface area contributed by atoms with Crippen molar-refractivity contribution in [2.75, 3.05) is 19.3 Å². The van der Waals surface area contributed by atoms with Crippen LogP contribution in [0, 0.1) is 5.82 Å². The van der Waals surface area contributed by atoms with Gasteiger partial charge in [0, 0.05) is 13.1 Å². The lowest BCUT2D eigenvalue weighted by Crippen LogP contribution is -2.40. The molecule has 0 bridgehead atoms. The molecule has 0 heterocycles. The molecule has 0 aliphatic heterocycles. The predicted octanol–water partition coefficient (Wildman–Crippen LogP) is 1.89. The van der Waals surface area contributed by atoms with Crippen LogP contribution in [0.4, 0.5) is 4.39 Å². The SMILES string of the molecule is CCCCCNC(=O)CN(Cc1ccc(F)cc1)S(C)(=O)=O. The molecule has 1 N–H and O–H groups in total. The van der Waals surface area contributed by atoms with Gasteiger partial charge in [0.1, 0.15) is 5.82 Å². The minimum absolute atomic E-state index is 0.0431. The highest BCUT2D eigenvalue weighted by atomic mass is 32.2. The number of unbranched alkanes of at least 4 members (excludes halogenated alkanes) is 2. The summed E-state index contributed by atoms with van der Waals surface area (Å²) in [6.07, 6.45) is 4.00. The zero-order valence-electron chi connectivity index (χ0n) is 13.0. The van der Waals surface area contributed by atoms with Crippen molar-refractivity contribution in [3.05, 3.63) is 35.6 Å². The third-order valence-electron chi connectivity index (χ3n) is 3.16. The van der Waals surface area contributed by atoms with Crippen LogP contribution in [0.5, 0.6) is 0 Å². The van der Waals surface area contributed by atoms with Crippen LogP contribution in [0.2, 0.25) is 0 Å². The lowest BCUT2D eigenvalue weighted by molar-refractivity contribution is -0.121. The summed E-state index contributed by atoms with van der Waals surface area (Å²) in [5.74, 6) is -0.716. The molecule has 0 unspecified atom stereocenters. The molecule has 7 heteroatoms. The molecule has 0 aliphatic carbocycles. The van der Waals surface area contributed by atoms with Gasteiger partial charge in [0.05, 0.1) is 12.8 Å². The first kappa shape index (κ1) is 18.6. The van der Waals surface area contributed by atoms with E-state index in [0.717, 1.165) is 29.8 Å². The maximum absolute atomic E-state index is 12.9. The van der Waals surface area contributed by atoms with Crippen molar-refractivity contribution >= 4 is 15.9 Å². The van der Waals surface area contributed by atoms with Gasteiger partial charge in [0.25, 0.3) is 0 Å². The number of carbonyl (C=O) groups excluding carboxylic acids is 1. The maximum atomic E-state index is 12.9. The highest BCUT2D eigenvalue weighted by Gasteiger charge is 2.20. The van der Waals surface area contributed by atoms with Gasteiger partial charge in [-0.05, 0) is 24.1 Å². The summed E-state index contributed by atoms with van der Waals surface area (Å²) >= 11 is 0. The van der Waals surface area contributed by atoms with E-state index < -0.39 is 10.0 Å². The fourth-order valence-electron chi connectivity index (χ4n) is 1.90. The highest BCUT2D eigenvalue weighted by Crippen LogP contribution is 2.09. The summed E-state index contributed by atoms with van der Waals surface area (Å²) in [6.45, 7) is 2.42. The van der Waals surface area contributed by atoms with Crippen molar-refractivity contribution in [3.8, 4) is 0 Å². The summed E-state index contributed by atoms with van der Waals surface area (Å²) in [5, 5.41) is 2.71. The van der Waals surface area contributed by atoms with E-state index in [0.29, 0.717) is 12.1 Å². The second kappa shape index (κ2) is 8.85. The molecule has 5 nitrogen and oxygen atoms in total. The Morgan fingerprint density at radius 2 is 1.86 bits per heavy atom. The summed E-state index contributed by atoms with van der Waals surface area (Å²) in [6, 6.07) is 5.54. The number of hydrogen-bond acceptors (Lipinski definition) is 3. The van der Waals surface area contributed by atoms with Crippen LogP contribution in [-0.4, -0.2) is 38.0 Å². The van der Waals surface area contributed by atoms with E-state index in [1.807, 2.05) is 0 Å². The summed E-state index contributed by atoms with van der Waals surface area (Å²) in [5.41, 5.74) is 0.630. The number of benzene rings is 1. The topological polar surface area (TPSA) is 66.5 Å². The van der Waals surface area contributed by atoms with Crippen LogP contribution < -0.4 is 5.32 Å². The van der Waals surface area contributed by atoms with Crippen LogP contribution in [0.15, 0.2) is 24.3 Å². The first-order valence-electron chi connectivity index (χ1n) is 7.29. The third-order valence-corrected chi connectivity index (χ3v) is 4.36. The van der Waals surface area contributed by atoms with E-state index in [1.54, 1.807) is 0 Å². The minimum atomic E-state index is -3.52. The van der Waals surface area contributed by atoms with Gasteiger partial charge >= 0.3 is 0 Å². The molecule has 0 fully saturated rings. The van der Waals surface area contributed by atoms with E-state index in [-0.39, 0.29) is 24.8 Å². The van der Waals surface area contributed by atoms with Gasteiger partial charge in [0.15, 0.2) is 0 Å². The zero-order valence-corrected chi connectivity index (χ0v) is 13.8. The molecule has 1 aromatic carbocycles. The van der Waals surface area contributed by atoms with Crippen molar-refractivity contribution in [2.45, 2.75) is 32.7 Å². The number of nitrogens with one attached hydrogen (secondary N) is 1. The lowest BCUT2D eigenvalue weighted by atomic mass is 10.2. The van der Waals surface area contributed by atoms with Gasteiger partial charge in [0.2, 0.25) is 15.9 Å². The molecule has 0 saturated carbocycles. The van der Waals surface area contributed by atoms with Gasteiger partial charge in [-0.25, -0.2) is 12.8 Å². The zero-order chi connectivity index (χ0) is 16.6. The highest BCUT2D eigenvalue weighted by molar-refractivity contribution is 7.88. The smallest absolute Gasteiger partial charge is 0.235 e. The second-order valence-corrected chi connectivity index (χ2v) is 7.20. The maximum Gasteiger partial charge on any atom is 0.235 e. The van der Waals surface area contributed by atoms with Gasteiger partial charge in [-0.3, -0.25) is 4.79 Å². The first-order chi connectivity index (χ1) is 10.3. The van der Waals surface area contributed by atoms with Crippen LogP contribution in [-0.2, 0) is 21.4 Å². The Morgan fingerprint density at radius 3 is 2.41 bits per heavy atom. The van der Waals surface area contributed by atoms with Crippen LogP contribution in [0.1, 0.15) is 31.7 Å². The molecule has 0 aromatic heterocycles. The lowest BCUT2D eigenvalue weighted by Gasteiger charge is -2.19. The molecule has 0 aliphatic rings. The number of amides is 1. The Bertz CT molecular complexity index is 573. The summed E-state index contributed by atoms with van der Waals surface area (Å²) in [4.78, 5) is 11.8. The molecular formula is C15H23FN2O3S. The van der Waals surface area contributed by atoms with E-state index in [4.69, 9.17) is 0 Å². The van der Waals surface area contributed by atoms with Crippen molar-refractivity contribution < 1.29 is 17.6 Å². The number of rotatable bonds is 9. The van der Waals surface area contributed by atoms with Gasteiger partial charge in [-0.2, -0.15) is 4.31 Å². The number of nitrogens with zero attached hydrogens (tertiary/aromatic N) is 1. The molecule has 0 saturated heterocycles. The van der Waals surface area contributed by atoms with Crippen molar-refractivity contribution in [3.63, 3.8) is 0 Å². The average molecular weight is 330 g/mol. The molecule has 0 spiro atoms. The third kappa shape index (κ3) is 7.00. The van der Waals surface area contributed by atoms with E-state index in [1.165, 1.54) is 24.3 Å². The fourth-order valence-corrected chi connectivity index (χ4v) is 2.64. The Balaban J connectivity index is 2.62. The molecule has 124 valence electrons. The van der Waals surface area contributed by atoms with Crippen molar-refractivity contribution in [2.24, 2.45) is 0 Å². The molecule has 1 rings (SSSR count). The van der Waals surface area contributed by atoms with Crippen LogP contribution >= 0.6 is 0 Å².